The summed E-state index contributed by atoms with van der Waals surface area (Å²) in [5.74, 6) is 0.982. The third-order valence-electron chi connectivity index (χ3n) is 3.71. The van der Waals surface area contributed by atoms with Crippen LogP contribution in [0.5, 0.6) is 0 Å². The first-order valence-electron chi connectivity index (χ1n) is 6.69. The Kier molecular flexibility index (Phi) is 3.47. The summed E-state index contributed by atoms with van der Waals surface area (Å²) >= 11 is 0. The summed E-state index contributed by atoms with van der Waals surface area (Å²) < 4.78 is 10.6. The average Bonchev–Trinajstić information content (AvgIpc) is 2.90. The molecule has 1 aromatic heterocycles. The molecule has 100 valence electrons. The molecule has 0 saturated carbocycles. The lowest BCUT2D eigenvalue weighted by molar-refractivity contribution is -0.0149. The molecule has 6 heteroatoms. The van der Waals surface area contributed by atoms with E-state index in [1.807, 2.05) is 0 Å². The van der Waals surface area contributed by atoms with Crippen LogP contribution in [0.4, 0.5) is 5.95 Å². The van der Waals surface area contributed by atoms with Gasteiger partial charge in [-0.2, -0.15) is 4.98 Å². The molecular formula is C12H19N3O3. The summed E-state index contributed by atoms with van der Waals surface area (Å²) in [7, 11) is 0. The smallest absolute Gasteiger partial charge is 0.266 e. The van der Waals surface area contributed by atoms with Crippen molar-refractivity contribution in [3.63, 3.8) is 0 Å². The molecule has 6 nitrogen and oxygen atoms in total. The first-order valence-corrected chi connectivity index (χ1v) is 6.69. The zero-order valence-electron chi connectivity index (χ0n) is 10.4. The molecule has 0 aromatic carbocycles. The maximum absolute atomic E-state index is 9.92. The van der Waals surface area contributed by atoms with E-state index < -0.39 is 6.10 Å². The monoisotopic (exact) mass is 253 g/mol. The second-order valence-electron chi connectivity index (χ2n) is 5.02. The predicted molar refractivity (Wildman–Crippen MR) is 64.5 cm³/mol. The molecule has 2 aliphatic heterocycles. The fourth-order valence-electron chi connectivity index (χ4n) is 2.56. The van der Waals surface area contributed by atoms with Gasteiger partial charge in [0.1, 0.15) is 0 Å². The Morgan fingerprint density at radius 2 is 2.06 bits per heavy atom. The van der Waals surface area contributed by atoms with Crippen molar-refractivity contribution in [3.8, 4) is 0 Å². The van der Waals surface area contributed by atoms with Crippen LogP contribution in [0.3, 0.4) is 0 Å². The van der Waals surface area contributed by atoms with Crippen LogP contribution in [-0.4, -0.2) is 47.7 Å². The number of hydrogen-bond donors (Lipinski definition) is 1. The minimum absolute atomic E-state index is 0.176. The maximum atomic E-state index is 9.92. The third-order valence-corrected chi connectivity index (χ3v) is 3.71. The van der Waals surface area contributed by atoms with Gasteiger partial charge in [-0.25, -0.2) is 0 Å². The van der Waals surface area contributed by atoms with Crippen LogP contribution in [0.1, 0.15) is 37.5 Å². The van der Waals surface area contributed by atoms with Crippen molar-refractivity contribution in [1.29, 1.82) is 0 Å². The topological polar surface area (TPSA) is 71.6 Å². The van der Waals surface area contributed by atoms with Crippen LogP contribution < -0.4 is 4.90 Å². The molecule has 3 heterocycles. The number of rotatable bonds is 2. The van der Waals surface area contributed by atoms with E-state index in [1.165, 1.54) is 19.3 Å². The molecule has 2 atom stereocenters. The Balaban J connectivity index is 1.71. The van der Waals surface area contributed by atoms with Gasteiger partial charge in [0, 0.05) is 19.7 Å². The number of anilines is 1. The Morgan fingerprint density at radius 3 is 2.83 bits per heavy atom. The van der Waals surface area contributed by atoms with E-state index in [-0.39, 0.29) is 5.92 Å². The number of nitrogens with zero attached hydrogens (tertiary/aromatic N) is 3. The van der Waals surface area contributed by atoms with Gasteiger partial charge in [-0.05, 0) is 30.8 Å². The predicted octanol–water partition coefficient (Wildman–Crippen LogP) is 0.925. The normalized spacial score (nSPS) is 29.5. The van der Waals surface area contributed by atoms with Gasteiger partial charge < -0.3 is 19.3 Å². The average molecular weight is 253 g/mol. The molecule has 1 N–H and O–H groups in total. The Hall–Kier alpha value is -1.14. The highest BCUT2D eigenvalue weighted by molar-refractivity contribution is 5.28. The number of ether oxygens (including phenoxy) is 1. The molecule has 2 fully saturated rings. The van der Waals surface area contributed by atoms with E-state index in [4.69, 9.17) is 9.26 Å². The molecule has 1 aromatic rings. The molecule has 0 bridgehead atoms. The van der Waals surface area contributed by atoms with Crippen LogP contribution in [0.2, 0.25) is 0 Å². The Bertz CT molecular complexity index is 390. The molecule has 2 aliphatic rings. The van der Waals surface area contributed by atoms with Gasteiger partial charge in [-0.3, -0.25) is 0 Å². The summed E-state index contributed by atoms with van der Waals surface area (Å²) in [4.78, 5) is 6.56. The number of hydrogen-bond acceptors (Lipinski definition) is 6. The van der Waals surface area contributed by atoms with Crippen LogP contribution in [0.15, 0.2) is 4.52 Å². The second-order valence-corrected chi connectivity index (χ2v) is 5.02. The fourth-order valence-corrected chi connectivity index (χ4v) is 2.56. The first kappa shape index (κ1) is 11.9. The van der Waals surface area contributed by atoms with Gasteiger partial charge >= 0.3 is 0 Å². The first-order chi connectivity index (χ1) is 8.84. The zero-order valence-corrected chi connectivity index (χ0v) is 10.4. The molecule has 3 rings (SSSR count). The zero-order chi connectivity index (χ0) is 12.4. The lowest BCUT2D eigenvalue weighted by atomic mass is 9.99. The number of aromatic nitrogens is 2. The Morgan fingerprint density at radius 1 is 1.22 bits per heavy atom. The van der Waals surface area contributed by atoms with Crippen LogP contribution in [-0.2, 0) is 4.74 Å². The molecule has 2 unspecified atom stereocenters. The highest BCUT2D eigenvalue weighted by Crippen LogP contribution is 2.26. The number of aliphatic hydroxyl groups is 1. The Labute approximate surface area is 106 Å². The van der Waals surface area contributed by atoms with Crippen molar-refractivity contribution in [2.45, 2.75) is 37.7 Å². The van der Waals surface area contributed by atoms with Gasteiger partial charge in [0.25, 0.3) is 5.95 Å². The van der Waals surface area contributed by atoms with Crippen molar-refractivity contribution in [1.82, 2.24) is 10.1 Å². The van der Waals surface area contributed by atoms with Crippen molar-refractivity contribution in [3.05, 3.63) is 5.89 Å². The summed E-state index contributed by atoms with van der Waals surface area (Å²) in [5.41, 5.74) is 0. The third kappa shape index (κ3) is 2.35. The van der Waals surface area contributed by atoms with E-state index >= 15 is 0 Å². The molecule has 2 saturated heterocycles. The second kappa shape index (κ2) is 5.24. The van der Waals surface area contributed by atoms with Crippen molar-refractivity contribution >= 4 is 5.95 Å². The van der Waals surface area contributed by atoms with E-state index in [9.17, 15) is 5.11 Å². The molecule has 0 aliphatic carbocycles. The standard InChI is InChI=1S/C12H19N3O3/c16-10-4-7-17-8-9(10)11-13-12(14-18-11)15-5-2-1-3-6-15/h9-10,16H,1-8H2. The molecule has 0 radical (unpaired) electrons. The number of piperidine rings is 1. The quantitative estimate of drug-likeness (QED) is 0.845. The van der Waals surface area contributed by atoms with E-state index in [0.717, 1.165) is 13.1 Å². The summed E-state index contributed by atoms with van der Waals surface area (Å²) in [6, 6.07) is 0. The van der Waals surface area contributed by atoms with E-state index in [1.54, 1.807) is 0 Å². The summed E-state index contributed by atoms with van der Waals surface area (Å²) in [5, 5.41) is 13.9. The van der Waals surface area contributed by atoms with E-state index in [2.05, 4.69) is 15.0 Å². The number of aliphatic hydroxyl groups excluding tert-OH is 1. The van der Waals surface area contributed by atoms with Crippen molar-refractivity contribution in [2.24, 2.45) is 0 Å². The molecular weight excluding hydrogens is 234 g/mol. The molecule has 0 spiro atoms. The van der Waals surface area contributed by atoms with Crippen molar-refractivity contribution in [2.75, 3.05) is 31.2 Å². The van der Waals surface area contributed by atoms with E-state index in [0.29, 0.717) is 31.5 Å². The van der Waals surface area contributed by atoms with Gasteiger partial charge in [-0.1, -0.05) is 0 Å². The van der Waals surface area contributed by atoms with Crippen LogP contribution >= 0.6 is 0 Å². The fraction of sp³-hybridized carbons (Fsp3) is 0.833. The SMILES string of the molecule is OC1CCOCC1c1nc(N2CCCCC2)no1. The van der Waals surface area contributed by atoms with Gasteiger partial charge in [0.05, 0.1) is 18.6 Å². The van der Waals surface area contributed by atoms with Gasteiger partial charge in [-0.15, -0.1) is 0 Å². The minimum atomic E-state index is -0.437. The van der Waals surface area contributed by atoms with Crippen LogP contribution in [0, 0.1) is 0 Å². The van der Waals surface area contributed by atoms with Gasteiger partial charge in [0.15, 0.2) is 0 Å². The van der Waals surface area contributed by atoms with Crippen molar-refractivity contribution < 1.29 is 14.4 Å². The van der Waals surface area contributed by atoms with Gasteiger partial charge in [0.2, 0.25) is 5.89 Å². The highest BCUT2D eigenvalue weighted by Gasteiger charge is 2.31. The molecule has 0 amide bonds. The minimum Gasteiger partial charge on any atom is -0.392 e. The largest absolute Gasteiger partial charge is 0.392 e. The summed E-state index contributed by atoms with van der Waals surface area (Å²) in [6.07, 6.45) is 3.83. The molecule has 18 heavy (non-hydrogen) atoms. The highest BCUT2D eigenvalue weighted by atomic mass is 16.5. The lowest BCUT2D eigenvalue weighted by Crippen LogP contribution is -2.31. The van der Waals surface area contributed by atoms with Crippen LogP contribution in [0.25, 0.3) is 0 Å². The lowest BCUT2D eigenvalue weighted by Gasteiger charge is -2.25. The maximum Gasteiger partial charge on any atom is 0.266 e. The summed E-state index contributed by atoms with van der Waals surface area (Å²) in [6.45, 7) is 3.04.